The van der Waals surface area contributed by atoms with E-state index in [9.17, 15) is 4.21 Å². The number of nitrogens with one attached hydrogen (secondary N) is 1. The summed E-state index contributed by atoms with van der Waals surface area (Å²) in [6, 6.07) is 15.3. The molecule has 0 aliphatic rings. The molecule has 0 saturated carbocycles. The van der Waals surface area contributed by atoms with Crippen LogP contribution in [-0.2, 0) is 10.8 Å². The number of aromatic nitrogens is 2. The van der Waals surface area contributed by atoms with Crippen molar-refractivity contribution in [3.8, 4) is 34.0 Å². The van der Waals surface area contributed by atoms with Gasteiger partial charge >= 0.3 is 0 Å². The maximum absolute atomic E-state index is 11.9. The van der Waals surface area contributed by atoms with Gasteiger partial charge in [-0.3, -0.25) is 4.21 Å². The Hall–Kier alpha value is -2.60. The Morgan fingerprint density at radius 3 is 1.83 bits per heavy atom. The fraction of sp³-hybridized carbons (Fsp3) is 0.167. The molecule has 0 amide bonds. The molecule has 1 unspecified atom stereocenters. The van der Waals surface area contributed by atoms with E-state index < -0.39 is 10.8 Å². The van der Waals surface area contributed by atoms with Gasteiger partial charge < -0.3 is 14.5 Å². The van der Waals surface area contributed by atoms with Gasteiger partial charge in [0.1, 0.15) is 11.5 Å². The third-order valence-electron chi connectivity index (χ3n) is 3.70. The lowest BCUT2D eigenvalue weighted by molar-refractivity contribution is 0.414. The van der Waals surface area contributed by atoms with Crippen molar-refractivity contribution in [2.45, 2.75) is 5.16 Å². The molecule has 0 aliphatic carbocycles. The Morgan fingerprint density at radius 2 is 1.38 bits per heavy atom. The van der Waals surface area contributed by atoms with Crippen molar-refractivity contribution in [3.63, 3.8) is 0 Å². The van der Waals surface area contributed by atoms with Crippen LogP contribution in [0.4, 0.5) is 0 Å². The highest BCUT2D eigenvalue weighted by Crippen LogP contribution is 2.32. The predicted octanol–water partition coefficient (Wildman–Crippen LogP) is 3.50. The lowest BCUT2D eigenvalue weighted by Gasteiger charge is -2.06. The van der Waals surface area contributed by atoms with Gasteiger partial charge in [-0.2, -0.15) is 0 Å². The fourth-order valence-corrected chi connectivity index (χ4v) is 2.88. The summed E-state index contributed by atoms with van der Waals surface area (Å²) in [5.74, 6) is 1.56. The number of rotatable bonds is 5. The SMILES string of the molecule is COc1ccc(-c2nc(S(C)=O)[nH]c2-c2ccc(OC)cc2)cc1. The van der Waals surface area contributed by atoms with Crippen LogP contribution in [0.2, 0.25) is 0 Å². The smallest absolute Gasteiger partial charge is 0.197 e. The van der Waals surface area contributed by atoms with Gasteiger partial charge in [0, 0.05) is 17.4 Å². The van der Waals surface area contributed by atoms with Gasteiger partial charge in [-0.1, -0.05) is 0 Å². The van der Waals surface area contributed by atoms with E-state index >= 15 is 0 Å². The predicted molar refractivity (Wildman–Crippen MR) is 94.9 cm³/mol. The number of ether oxygens (including phenoxy) is 2. The molecule has 5 nitrogen and oxygen atoms in total. The molecule has 2 aromatic carbocycles. The Bertz CT molecular complexity index is 790. The van der Waals surface area contributed by atoms with Crippen LogP contribution in [-0.4, -0.2) is 34.7 Å². The Balaban J connectivity index is 2.10. The summed E-state index contributed by atoms with van der Waals surface area (Å²) in [6.07, 6.45) is 1.61. The number of hydrogen-bond acceptors (Lipinski definition) is 4. The minimum absolute atomic E-state index is 0.451. The van der Waals surface area contributed by atoms with Crippen molar-refractivity contribution in [3.05, 3.63) is 48.5 Å². The first kappa shape index (κ1) is 16.3. The fourth-order valence-electron chi connectivity index (χ4n) is 2.41. The zero-order valence-electron chi connectivity index (χ0n) is 13.7. The summed E-state index contributed by atoms with van der Waals surface area (Å²) in [5, 5.41) is 0.451. The van der Waals surface area contributed by atoms with Crippen molar-refractivity contribution >= 4 is 10.8 Å². The monoisotopic (exact) mass is 342 g/mol. The Labute approximate surface area is 143 Å². The molecule has 1 atom stereocenters. The second-order valence-electron chi connectivity index (χ2n) is 5.18. The molecule has 1 heterocycles. The summed E-state index contributed by atoms with van der Waals surface area (Å²) in [6.45, 7) is 0. The molecule has 0 fully saturated rings. The normalized spacial score (nSPS) is 12.0. The molecule has 3 aromatic rings. The third-order valence-corrected chi connectivity index (χ3v) is 4.43. The maximum Gasteiger partial charge on any atom is 0.197 e. The van der Waals surface area contributed by atoms with Crippen LogP contribution in [0.15, 0.2) is 53.7 Å². The lowest BCUT2D eigenvalue weighted by atomic mass is 10.0. The van der Waals surface area contributed by atoms with Crippen molar-refractivity contribution in [1.82, 2.24) is 9.97 Å². The van der Waals surface area contributed by atoms with Crippen LogP contribution in [0.1, 0.15) is 0 Å². The number of imidazole rings is 1. The minimum atomic E-state index is -1.19. The van der Waals surface area contributed by atoms with Crippen LogP contribution in [0.3, 0.4) is 0 Å². The highest BCUT2D eigenvalue weighted by molar-refractivity contribution is 7.84. The summed E-state index contributed by atoms with van der Waals surface area (Å²) in [4.78, 5) is 7.71. The van der Waals surface area contributed by atoms with E-state index in [-0.39, 0.29) is 0 Å². The van der Waals surface area contributed by atoms with Gasteiger partial charge in [-0.25, -0.2) is 4.98 Å². The Kier molecular flexibility index (Phi) is 4.66. The van der Waals surface area contributed by atoms with Crippen LogP contribution >= 0.6 is 0 Å². The highest BCUT2D eigenvalue weighted by atomic mass is 32.2. The third kappa shape index (κ3) is 3.19. The number of methoxy groups -OCH3 is 2. The first-order valence-corrected chi connectivity index (χ1v) is 8.90. The average Bonchev–Trinajstić information content (AvgIpc) is 3.07. The van der Waals surface area contributed by atoms with E-state index in [4.69, 9.17) is 9.47 Å². The number of hydrogen-bond donors (Lipinski definition) is 1. The first-order valence-electron chi connectivity index (χ1n) is 7.34. The molecule has 0 spiro atoms. The molecule has 1 aromatic heterocycles. The average molecular weight is 342 g/mol. The van der Waals surface area contributed by atoms with Crippen LogP contribution < -0.4 is 9.47 Å². The van der Waals surface area contributed by atoms with E-state index in [1.54, 1.807) is 20.5 Å². The van der Waals surface area contributed by atoms with E-state index in [2.05, 4.69) is 9.97 Å². The van der Waals surface area contributed by atoms with Gasteiger partial charge in [0.05, 0.1) is 36.4 Å². The zero-order valence-corrected chi connectivity index (χ0v) is 14.5. The molecule has 0 saturated heterocycles. The largest absolute Gasteiger partial charge is 0.497 e. The van der Waals surface area contributed by atoms with Crippen molar-refractivity contribution in [2.24, 2.45) is 0 Å². The summed E-state index contributed by atoms with van der Waals surface area (Å²) in [7, 11) is 2.07. The Morgan fingerprint density at radius 1 is 0.875 bits per heavy atom. The number of benzene rings is 2. The van der Waals surface area contributed by atoms with Crippen LogP contribution in [0.25, 0.3) is 22.5 Å². The quantitative estimate of drug-likeness (QED) is 0.771. The molecule has 0 bridgehead atoms. The van der Waals surface area contributed by atoms with Gasteiger partial charge in [0.25, 0.3) is 0 Å². The molecular weight excluding hydrogens is 324 g/mol. The molecule has 0 radical (unpaired) electrons. The van der Waals surface area contributed by atoms with Gasteiger partial charge in [0.15, 0.2) is 5.16 Å². The summed E-state index contributed by atoms with van der Waals surface area (Å²) in [5.41, 5.74) is 3.46. The van der Waals surface area contributed by atoms with Crippen molar-refractivity contribution < 1.29 is 13.7 Å². The van der Waals surface area contributed by atoms with Crippen LogP contribution in [0.5, 0.6) is 11.5 Å². The summed E-state index contributed by atoms with van der Waals surface area (Å²) >= 11 is 0. The topological polar surface area (TPSA) is 64.2 Å². The van der Waals surface area contributed by atoms with Gasteiger partial charge in [-0.15, -0.1) is 0 Å². The first-order chi connectivity index (χ1) is 11.6. The molecular formula is C18H18N2O3S. The maximum atomic E-state index is 11.9. The van der Waals surface area contributed by atoms with Gasteiger partial charge in [0.2, 0.25) is 0 Å². The molecule has 124 valence electrons. The number of nitrogens with zero attached hydrogens (tertiary/aromatic N) is 1. The number of aromatic amines is 1. The van der Waals surface area contributed by atoms with E-state index in [1.807, 2.05) is 48.5 Å². The summed E-state index contributed by atoms with van der Waals surface area (Å²) < 4.78 is 22.3. The molecule has 0 aliphatic heterocycles. The second kappa shape index (κ2) is 6.88. The van der Waals surface area contributed by atoms with Gasteiger partial charge in [-0.05, 0) is 48.5 Å². The highest BCUT2D eigenvalue weighted by Gasteiger charge is 2.16. The molecule has 6 heteroatoms. The minimum Gasteiger partial charge on any atom is -0.497 e. The van der Waals surface area contributed by atoms with E-state index in [0.29, 0.717) is 5.16 Å². The van der Waals surface area contributed by atoms with Crippen LogP contribution in [0, 0.1) is 0 Å². The molecule has 24 heavy (non-hydrogen) atoms. The van der Waals surface area contributed by atoms with E-state index in [0.717, 1.165) is 34.0 Å². The van der Waals surface area contributed by atoms with Crippen molar-refractivity contribution in [2.75, 3.05) is 20.5 Å². The van der Waals surface area contributed by atoms with Crippen molar-refractivity contribution in [1.29, 1.82) is 0 Å². The zero-order chi connectivity index (χ0) is 17.1. The molecule has 3 rings (SSSR count). The molecule has 1 N–H and O–H groups in total. The lowest BCUT2D eigenvalue weighted by Crippen LogP contribution is -1.89. The van der Waals surface area contributed by atoms with E-state index in [1.165, 1.54) is 0 Å². The second-order valence-corrected chi connectivity index (χ2v) is 6.47. The number of H-pyrrole nitrogens is 1. The standard InChI is InChI=1S/C18H18N2O3S/c1-22-14-8-4-12(5-9-14)16-17(20-18(19-16)24(3)21)13-6-10-15(23-2)11-7-13/h4-11H,1-3H3,(H,19,20).